The number of anilines is 2. The molecular weight excluding hydrogens is 645 g/mol. The fraction of sp³-hybridized carbons (Fsp3) is 0.378. The number of pyridine rings is 1. The molecule has 0 saturated carbocycles. The average Bonchev–Trinajstić information content (AvgIpc) is 3.61. The first kappa shape index (κ1) is 31.8. The Labute approximate surface area is 290 Å². The van der Waals surface area contributed by atoms with Crippen LogP contribution in [0.25, 0.3) is 11.3 Å². The molecule has 3 fully saturated rings. The van der Waals surface area contributed by atoms with Gasteiger partial charge < -0.3 is 33.9 Å². The van der Waals surface area contributed by atoms with Gasteiger partial charge in [-0.25, -0.2) is 4.98 Å². The van der Waals surface area contributed by atoms with Crippen molar-refractivity contribution in [3.8, 4) is 22.9 Å². The molecule has 9 nitrogen and oxygen atoms in total. The van der Waals surface area contributed by atoms with Crippen LogP contribution in [0.2, 0.25) is 0 Å². The number of morpholine rings is 2. The molecule has 1 N–H and O–H groups in total. The Morgan fingerprint density at radius 2 is 1.62 bits per heavy atom. The maximum Gasteiger partial charge on any atom is 0.216 e. The van der Waals surface area contributed by atoms with Gasteiger partial charge in [-0.1, -0.05) is 47.8 Å². The largest absolute Gasteiger partial charge is 0.497 e. The van der Waals surface area contributed by atoms with Crippen molar-refractivity contribution < 1.29 is 23.7 Å². The van der Waals surface area contributed by atoms with Crippen LogP contribution in [0.15, 0.2) is 92.4 Å². The van der Waals surface area contributed by atoms with Gasteiger partial charge in [0.25, 0.3) is 0 Å². The van der Waals surface area contributed by atoms with Crippen molar-refractivity contribution in [2.75, 3.05) is 83.1 Å². The Hall–Kier alpha value is -3.45. The lowest BCUT2D eigenvalue weighted by molar-refractivity contribution is 0.0131. The molecule has 4 aromatic rings. The van der Waals surface area contributed by atoms with E-state index in [4.69, 9.17) is 28.7 Å². The van der Waals surface area contributed by atoms with E-state index < -0.39 is 0 Å². The summed E-state index contributed by atoms with van der Waals surface area (Å²) in [6.45, 7) is 8.50. The molecule has 0 spiro atoms. The molecule has 0 aliphatic carbocycles. The summed E-state index contributed by atoms with van der Waals surface area (Å²) in [5, 5.41) is 3.80. The minimum atomic E-state index is 0.257. The molecule has 48 heavy (non-hydrogen) atoms. The van der Waals surface area contributed by atoms with Crippen molar-refractivity contribution in [1.82, 2.24) is 9.88 Å². The van der Waals surface area contributed by atoms with Gasteiger partial charge in [-0.3, -0.25) is 4.90 Å². The monoisotopic (exact) mass is 684 g/mol. The number of nitrogens with one attached hydrogen (secondary N) is 1. The number of ether oxygens (including phenoxy) is 5. The van der Waals surface area contributed by atoms with Gasteiger partial charge in [-0.2, -0.15) is 0 Å². The normalized spacial score (nSPS) is 21.0. The highest BCUT2D eigenvalue weighted by atomic mass is 32.2. The predicted octanol–water partition coefficient (Wildman–Crippen LogP) is 6.30. The second-order valence-corrected chi connectivity index (χ2v) is 14.4. The fourth-order valence-corrected chi connectivity index (χ4v) is 9.05. The molecule has 4 aliphatic rings. The highest BCUT2D eigenvalue weighted by Crippen LogP contribution is 2.52. The molecule has 0 bridgehead atoms. The van der Waals surface area contributed by atoms with E-state index in [1.54, 1.807) is 7.11 Å². The van der Waals surface area contributed by atoms with Crippen LogP contribution in [0.4, 0.5) is 11.4 Å². The van der Waals surface area contributed by atoms with E-state index in [1.165, 1.54) is 19.6 Å². The van der Waals surface area contributed by atoms with E-state index in [0.717, 1.165) is 86.6 Å². The van der Waals surface area contributed by atoms with Crippen molar-refractivity contribution in [3.63, 3.8) is 0 Å². The summed E-state index contributed by atoms with van der Waals surface area (Å²) in [5.41, 5.74) is 5.31. The number of benzene rings is 3. The van der Waals surface area contributed by atoms with E-state index in [9.17, 15) is 0 Å². The fourth-order valence-electron chi connectivity index (χ4n) is 6.64. The maximum absolute atomic E-state index is 6.33. The zero-order valence-corrected chi connectivity index (χ0v) is 28.7. The van der Waals surface area contributed by atoms with Crippen molar-refractivity contribution in [2.45, 2.75) is 38.3 Å². The molecule has 3 saturated heterocycles. The van der Waals surface area contributed by atoms with E-state index in [-0.39, 0.29) is 6.04 Å². The van der Waals surface area contributed by atoms with Crippen LogP contribution in [0, 0.1) is 0 Å². The average molecular weight is 685 g/mol. The minimum Gasteiger partial charge on any atom is -0.497 e. The predicted molar refractivity (Wildman–Crippen MR) is 189 cm³/mol. The molecule has 11 heteroatoms. The minimum absolute atomic E-state index is 0.257. The quantitative estimate of drug-likeness (QED) is 0.190. The second-order valence-electron chi connectivity index (χ2n) is 12.3. The van der Waals surface area contributed by atoms with Crippen molar-refractivity contribution in [2.24, 2.45) is 0 Å². The second kappa shape index (κ2) is 14.6. The molecule has 0 unspecified atom stereocenters. The summed E-state index contributed by atoms with van der Waals surface area (Å²) in [7, 11) is 1.68. The highest BCUT2D eigenvalue weighted by Gasteiger charge is 2.34. The summed E-state index contributed by atoms with van der Waals surface area (Å²) >= 11 is 3.64. The van der Waals surface area contributed by atoms with Gasteiger partial charge in [0, 0.05) is 68.8 Å². The number of nitrogens with zero attached hydrogens (tertiary/aromatic N) is 3. The van der Waals surface area contributed by atoms with Gasteiger partial charge in [0.2, 0.25) is 5.88 Å². The van der Waals surface area contributed by atoms with Gasteiger partial charge in [-0.05, 0) is 48.0 Å². The molecule has 5 heterocycles. The Balaban J connectivity index is 1.04. The zero-order chi connectivity index (χ0) is 32.3. The first-order valence-corrected chi connectivity index (χ1v) is 18.2. The maximum atomic E-state index is 6.33. The lowest BCUT2D eigenvalue weighted by atomic mass is 10.1. The molecule has 2 atom stereocenters. The van der Waals surface area contributed by atoms with Crippen LogP contribution in [-0.4, -0.2) is 94.9 Å². The molecule has 4 aliphatic heterocycles. The third kappa shape index (κ3) is 6.99. The van der Waals surface area contributed by atoms with Crippen LogP contribution < -0.4 is 19.7 Å². The first-order valence-electron chi connectivity index (χ1n) is 16.6. The molecular formula is C37H40N4O5S2. The van der Waals surface area contributed by atoms with Crippen LogP contribution in [0.3, 0.4) is 0 Å². The smallest absolute Gasteiger partial charge is 0.216 e. The van der Waals surface area contributed by atoms with E-state index >= 15 is 0 Å². The number of hydrogen-bond donors (Lipinski definition) is 1. The Morgan fingerprint density at radius 3 is 2.44 bits per heavy atom. The van der Waals surface area contributed by atoms with Gasteiger partial charge >= 0.3 is 0 Å². The first-order chi connectivity index (χ1) is 23.7. The van der Waals surface area contributed by atoms with E-state index in [0.29, 0.717) is 31.7 Å². The van der Waals surface area contributed by atoms with Gasteiger partial charge in [0.15, 0.2) is 0 Å². The molecule has 0 radical (unpaired) electrons. The third-order valence-electron chi connectivity index (χ3n) is 9.26. The molecule has 1 aromatic heterocycles. The SMILES string of the molecule is COc1ccc(COc2cc(N3CCOCC3)cc(-c3cccc4c3Sc3ccc(N[C@@H]5COC[C@@H]5N5CCOCC5)cc3S4)n2)cc1. The molecule has 3 aromatic carbocycles. The molecule has 250 valence electrons. The Morgan fingerprint density at radius 1 is 0.812 bits per heavy atom. The van der Waals surface area contributed by atoms with Crippen molar-refractivity contribution in [1.29, 1.82) is 0 Å². The molecule has 0 amide bonds. The third-order valence-corrected chi connectivity index (χ3v) is 11.9. The summed E-state index contributed by atoms with van der Waals surface area (Å²) in [6.07, 6.45) is 0. The van der Waals surface area contributed by atoms with E-state index in [2.05, 4.69) is 63.6 Å². The Kier molecular flexibility index (Phi) is 9.65. The topological polar surface area (TPSA) is 77.5 Å². The lowest BCUT2D eigenvalue weighted by Gasteiger charge is -2.35. The van der Waals surface area contributed by atoms with Gasteiger partial charge in [0.05, 0.1) is 64.5 Å². The highest BCUT2D eigenvalue weighted by molar-refractivity contribution is 8.05. The van der Waals surface area contributed by atoms with Crippen LogP contribution >= 0.6 is 23.5 Å². The van der Waals surface area contributed by atoms with Crippen molar-refractivity contribution >= 4 is 34.9 Å². The van der Waals surface area contributed by atoms with Crippen LogP contribution in [-0.2, 0) is 20.8 Å². The Bertz CT molecular complexity index is 1730. The lowest BCUT2D eigenvalue weighted by Crippen LogP contribution is -2.50. The van der Waals surface area contributed by atoms with Crippen LogP contribution in [0.5, 0.6) is 11.6 Å². The van der Waals surface area contributed by atoms with Crippen LogP contribution in [0.1, 0.15) is 5.56 Å². The van der Waals surface area contributed by atoms with E-state index in [1.807, 2.05) is 47.8 Å². The number of fused-ring (bicyclic) bond motifs is 2. The molecule has 8 rings (SSSR count). The number of aromatic nitrogens is 1. The zero-order valence-electron chi connectivity index (χ0n) is 27.1. The number of rotatable bonds is 9. The summed E-state index contributed by atoms with van der Waals surface area (Å²) in [4.78, 5) is 14.9. The number of hydrogen-bond acceptors (Lipinski definition) is 11. The number of methoxy groups -OCH3 is 1. The summed E-state index contributed by atoms with van der Waals surface area (Å²) in [5.74, 6) is 1.44. The van der Waals surface area contributed by atoms with Crippen molar-refractivity contribution in [3.05, 3.63) is 78.4 Å². The van der Waals surface area contributed by atoms with Gasteiger partial charge in [0.1, 0.15) is 12.4 Å². The summed E-state index contributed by atoms with van der Waals surface area (Å²) < 4.78 is 28.8. The standard InChI is InChI=1S/C37H40N4O5S2/c1-42-28-8-5-25(6-9-28)22-46-36-21-27(40-11-15-43-16-12-40)20-30(39-36)29-3-2-4-34-37(29)48-33-10-7-26(19-35(33)47-34)38-31-23-45-24-32(31)41-13-17-44-18-14-41/h2-10,19-21,31-32,38H,11-18,22-24H2,1H3/t31-,32+/m1/s1. The van der Waals surface area contributed by atoms with Gasteiger partial charge in [-0.15, -0.1) is 0 Å². The summed E-state index contributed by atoms with van der Waals surface area (Å²) in [6, 6.07) is 26.1.